The summed E-state index contributed by atoms with van der Waals surface area (Å²) in [6, 6.07) is 8.09. The van der Waals surface area contributed by atoms with Gasteiger partial charge in [0, 0.05) is 23.0 Å². The standard InChI is InChI=1S/C17H12Cl2FNO2/c1-9-6-16(22)13-8-11(20)3-5-15(13)21(9)17(23)12-4-2-10(18)7-14(12)19/h2-5,7-9H,6H2,1H3. The molecule has 0 aromatic heterocycles. The molecule has 1 aliphatic rings. The summed E-state index contributed by atoms with van der Waals surface area (Å²) in [5, 5.41) is 0.658. The highest BCUT2D eigenvalue weighted by atomic mass is 35.5. The Labute approximate surface area is 142 Å². The van der Waals surface area contributed by atoms with E-state index in [1.54, 1.807) is 19.1 Å². The third-order valence-corrected chi connectivity index (χ3v) is 4.37. The molecule has 0 saturated carbocycles. The number of ketones is 1. The molecule has 0 spiro atoms. The van der Waals surface area contributed by atoms with Crippen molar-refractivity contribution in [3.63, 3.8) is 0 Å². The molecule has 0 aliphatic carbocycles. The molecule has 0 saturated heterocycles. The fourth-order valence-corrected chi connectivity index (χ4v) is 3.24. The maximum Gasteiger partial charge on any atom is 0.260 e. The summed E-state index contributed by atoms with van der Waals surface area (Å²) in [4.78, 5) is 26.5. The van der Waals surface area contributed by atoms with E-state index in [-0.39, 0.29) is 40.3 Å². The highest BCUT2D eigenvalue weighted by Gasteiger charge is 2.34. The first kappa shape index (κ1) is 16.0. The minimum absolute atomic E-state index is 0.132. The van der Waals surface area contributed by atoms with Crippen LogP contribution in [0.15, 0.2) is 36.4 Å². The lowest BCUT2D eigenvalue weighted by atomic mass is 9.94. The molecule has 0 radical (unpaired) electrons. The normalized spacial score (nSPS) is 17.1. The zero-order valence-corrected chi connectivity index (χ0v) is 13.7. The van der Waals surface area contributed by atoms with E-state index in [4.69, 9.17) is 23.2 Å². The van der Waals surface area contributed by atoms with Crippen molar-refractivity contribution in [3.8, 4) is 0 Å². The van der Waals surface area contributed by atoms with Gasteiger partial charge in [-0.3, -0.25) is 9.59 Å². The van der Waals surface area contributed by atoms with Crippen LogP contribution in [0.1, 0.15) is 34.1 Å². The average molecular weight is 352 g/mol. The molecule has 0 fully saturated rings. The largest absolute Gasteiger partial charge is 0.304 e. The van der Waals surface area contributed by atoms with E-state index in [9.17, 15) is 14.0 Å². The van der Waals surface area contributed by atoms with Gasteiger partial charge in [0.25, 0.3) is 5.91 Å². The fourth-order valence-electron chi connectivity index (χ4n) is 2.75. The number of halogens is 3. The second kappa shape index (κ2) is 5.95. The van der Waals surface area contributed by atoms with Gasteiger partial charge in [-0.1, -0.05) is 23.2 Å². The predicted molar refractivity (Wildman–Crippen MR) is 88.1 cm³/mol. The van der Waals surface area contributed by atoms with Gasteiger partial charge in [0.1, 0.15) is 5.82 Å². The Kier molecular flexibility index (Phi) is 4.13. The third-order valence-electron chi connectivity index (χ3n) is 3.82. The van der Waals surface area contributed by atoms with Crippen LogP contribution in [0.4, 0.5) is 10.1 Å². The summed E-state index contributed by atoms with van der Waals surface area (Å²) in [5.74, 6) is -1.04. The Morgan fingerprint density at radius 3 is 2.65 bits per heavy atom. The zero-order chi connectivity index (χ0) is 16.7. The van der Waals surface area contributed by atoms with Gasteiger partial charge in [-0.05, 0) is 43.3 Å². The molecule has 2 aromatic carbocycles. The lowest BCUT2D eigenvalue weighted by Gasteiger charge is -2.34. The smallest absolute Gasteiger partial charge is 0.260 e. The minimum atomic E-state index is -0.511. The van der Waals surface area contributed by atoms with E-state index in [0.29, 0.717) is 10.7 Å². The summed E-state index contributed by atoms with van der Waals surface area (Å²) >= 11 is 12.0. The Morgan fingerprint density at radius 1 is 1.22 bits per heavy atom. The van der Waals surface area contributed by atoms with Crippen LogP contribution in [0.5, 0.6) is 0 Å². The molecule has 118 valence electrons. The molecule has 1 atom stereocenters. The van der Waals surface area contributed by atoms with Gasteiger partial charge in [0.05, 0.1) is 16.3 Å². The van der Waals surface area contributed by atoms with Crippen molar-refractivity contribution in [1.29, 1.82) is 0 Å². The van der Waals surface area contributed by atoms with Crippen LogP contribution in [0.25, 0.3) is 0 Å². The van der Waals surface area contributed by atoms with Crippen molar-refractivity contribution < 1.29 is 14.0 Å². The monoisotopic (exact) mass is 351 g/mol. The molecule has 3 nitrogen and oxygen atoms in total. The average Bonchev–Trinajstić information content (AvgIpc) is 2.47. The van der Waals surface area contributed by atoms with Crippen LogP contribution in [0, 0.1) is 5.82 Å². The van der Waals surface area contributed by atoms with E-state index >= 15 is 0 Å². The van der Waals surface area contributed by atoms with Crippen molar-refractivity contribution >= 4 is 40.6 Å². The Bertz CT molecular complexity index is 822. The zero-order valence-electron chi connectivity index (χ0n) is 12.1. The minimum Gasteiger partial charge on any atom is -0.304 e. The lowest BCUT2D eigenvalue weighted by Crippen LogP contribution is -2.44. The second-order valence-electron chi connectivity index (χ2n) is 5.44. The van der Waals surface area contributed by atoms with E-state index in [1.165, 1.54) is 23.1 Å². The summed E-state index contributed by atoms with van der Waals surface area (Å²) in [6.45, 7) is 1.77. The predicted octanol–water partition coefficient (Wildman–Crippen LogP) is 4.75. The van der Waals surface area contributed by atoms with Crippen LogP contribution in [0.3, 0.4) is 0 Å². The maximum absolute atomic E-state index is 13.4. The van der Waals surface area contributed by atoms with Gasteiger partial charge < -0.3 is 4.90 Å². The molecule has 1 heterocycles. The van der Waals surface area contributed by atoms with Gasteiger partial charge in [0.2, 0.25) is 0 Å². The number of hydrogen-bond acceptors (Lipinski definition) is 2. The summed E-state index contributed by atoms with van der Waals surface area (Å²) in [7, 11) is 0. The number of carbonyl (C=O) groups excluding carboxylic acids is 2. The number of rotatable bonds is 1. The number of anilines is 1. The van der Waals surface area contributed by atoms with Crippen LogP contribution in [-0.2, 0) is 0 Å². The third kappa shape index (κ3) is 2.84. The number of benzene rings is 2. The number of hydrogen-bond donors (Lipinski definition) is 0. The molecular formula is C17H12Cl2FNO2. The summed E-state index contributed by atoms with van der Waals surface area (Å²) < 4.78 is 13.4. The second-order valence-corrected chi connectivity index (χ2v) is 6.28. The molecule has 1 aliphatic heterocycles. The van der Waals surface area contributed by atoms with Crippen molar-refractivity contribution in [2.75, 3.05) is 4.90 Å². The fraction of sp³-hybridized carbons (Fsp3) is 0.176. The van der Waals surface area contributed by atoms with Crippen molar-refractivity contribution in [2.24, 2.45) is 0 Å². The van der Waals surface area contributed by atoms with Crippen LogP contribution < -0.4 is 4.90 Å². The Balaban J connectivity index is 2.10. The Hall–Kier alpha value is -1.91. The van der Waals surface area contributed by atoms with Gasteiger partial charge in [-0.25, -0.2) is 4.39 Å². The highest BCUT2D eigenvalue weighted by Crippen LogP contribution is 2.34. The SMILES string of the molecule is CC1CC(=O)c2cc(F)ccc2N1C(=O)c1ccc(Cl)cc1Cl. The molecule has 1 amide bonds. The highest BCUT2D eigenvalue weighted by molar-refractivity contribution is 6.37. The topological polar surface area (TPSA) is 37.4 Å². The van der Waals surface area contributed by atoms with Crippen molar-refractivity contribution in [2.45, 2.75) is 19.4 Å². The van der Waals surface area contributed by atoms with Gasteiger partial charge >= 0.3 is 0 Å². The van der Waals surface area contributed by atoms with Gasteiger partial charge in [-0.15, -0.1) is 0 Å². The van der Waals surface area contributed by atoms with Crippen LogP contribution in [-0.4, -0.2) is 17.7 Å². The number of nitrogens with zero attached hydrogens (tertiary/aromatic N) is 1. The molecule has 23 heavy (non-hydrogen) atoms. The summed E-state index contributed by atoms with van der Waals surface area (Å²) in [6.07, 6.45) is 0.132. The van der Waals surface area contributed by atoms with Gasteiger partial charge in [-0.2, -0.15) is 0 Å². The van der Waals surface area contributed by atoms with Crippen molar-refractivity contribution in [1.82, 2.24) is 0 Å². The maximum atomic E-state index is 13.4. The Morgan fingerprint density at radius 2 is 1.96 bits per heavy atom. The quantitative estimate of drug-likeness (QED) is 0.743. The molecule has 2 aromatic rings. The number of Topliss-reactive ketones (excluding diaryl/α,β-unsaturated/α-hetero) is 1. The number of fused-ring (bicyclic) bond motifs is 1. The first-order valence-corrected chi connectivity index (χ1v) is 7.75. The molecule has 6 heteroatoms. The molecule has 0 bridgehead atoms. The molecule has 3 rings (SSSR count). The molecule has 1 unspecified atom stereocenters. The van der Waals surface area contributed by atoms with Crippen LogP contribution >= 0.6 is 23.2 Å². The first-order valence-electron chi connectivity index (χ1n) is 7.00. The number of carbonyl (C=O) groups is 2. The van der Waals surface area contributed by atoms with E-state index in [1.807, 2.05) is 0 Å². The van der Waals surface area contributed by atoms with E-state index < -0.39 is 5.82 Å². The van der Waals surface area contributed by atoms with Crippen molar-refractivity contribution in [3.05, 3.63) is 63.4 Å². The van der Waals surface area contributed by atoms with E-state index in [2.05, 4.69) is 0 Å². The number of amides is 1. The van der Waals surface area contributed by atoms with E-state index in [0.717, 1.165) is 6.07 Å². The first-order chi connectivity index (χ1) is 10.9. The van der Waals surface area contributed by atoms with Crippen LogP contribution in [0.2, 0.25) is 10.0 Å². The molecule has 0 N–H and O–H groups in total. The summed E-state index contributed by atoms with van der Waals surface area (Å²) in [5.41, 5.74) is 0.889. The lowest BCUT2D eigenvalue weighted by molar-refractivity contribution is 0.0936. The van der Waals surface area contributed by atoms with Gasteiger partial charge in [0.15, 0.2) is 5.78 Å². The molecular weight excluding hydrogens is 340 g/mol.